The molecule has 1 atom stereocenters. The number of guanidine groups is 1. The summed E-state index contributed by atoms with van der Waals surface area (Å²) in [6, 6.07) is 0. The molecule has 1 fully saturated rings. The van der Waals surface area contributed by atoms with E-state index in [4.69, 9.17) is 4.52 Å². The highest BCUT2D eigenvalue weighted by Crippen LogP contribution is 2.36. The summed E-state index contributed by atoms with van der Waals surface area (Å²) in [5.74, 6) is 3.53. The first-order valence-corrected chi connectivity index (χ1v) is 8.47. The Labute approximate surface area is 153 Å². The zero-order valence-corrected chi connectivity index (χ0v) is 16.7. The highest BCUT2D eigenvalue weighted by Gasteiger charge is 2.29. The van der Waals surface area contributed by atoms with E-state index in [1.807, 2.05) is 6.92 Å². The van der Waals surface area contributed by atoms with E-state index >= 15 is 0 Å². The molecule has 2 heterocycles. The van der Waals surface area contributed by atoms with Crippen LogP contribution in [0.4, 0.5) is 0 Å². The first kappa shape index (κ1) is 19.5. The highest BCUT2D eigenvalue weighted by molar-refractivity contribution is 14.0. The minimum atomic E-state index is 0. The van der Waals surface area contributed by atoms with E-state index in [-0.39, 0.29) is 24.0 Å². The van der Waals surface area contributed by atoms with Gasteiger partial charge in [-0.25, -0.2) is 0 Å². The van der Waals surface area contributed by atoms with Crippen LogP contribution in [0.25, 0.3) is 0 Å². The molecular weight excluding hydrogens is 413 g/mol. The van der Waals surface area contributed by atoms with Crippen molar-refractivity contribution >= 4 is 41.7 Å². The van der Waals surface area contributed by atoms with Crippen LogP contribution in [0, 0.1) is 6.92 Å². The van der Waals surface area contributed by atoms with Crippen molar-refractivity contribution in [2.24, 2.45) is 4.99 Å². The molecule has 0 saturated carbocycles. The SMILES string of the molecule is CN=C(NCCCc1nc(C)no1)NCC1(C)CCCS1.I. The average Bonchev–Trinajstić information content (AvgIpc) is 3.07. The topological polar surface area (TPSA) is 75.3 Å². The van der Waals surface area contributed by atoms with Gasteiger partial charge in [0.1, 0.15) is 0 Å². The molecule has 0 aromatic carbocycles. The second-order valence-electron chi connectivity index (χ2n) is 5.59. The molecule has 1 aromatic rings. The largest absolute Gasteiger partial charge is 0.356 e. The summed E-state index contributed by atoms with van der Waals surface area (Å²) < 4.78 is 5.43. The number of hydrogen-bond acceptors (Lipinski definition) is 5. The Morgan fingerprint density at radius 2 is 2.27 bits per heavy atom. The Kier molecular flexibility index (Phi) is 8.52. The van der Waals surface area contributed by atoms with Crippen LogP contribution in [0.3, 0.4) is 0 Å². The van der Waals surface area contributed by atoms with Crippen molar-refractivity contribution in [1.29, 1.82) is 0 Å². The number of nitrogens with zero attached hydrogens (tertiary/aromatic N) is 3. The molecule has 1 aliphatic heterocycles. The lowest BCUT2D eigenvalue weighted by Crippen LogP contribution is -2.43. The first-order chi connectivity index (χ1) is 10.1. The van der Waals surface area contributed by atoms with E-state index in [0.717, 1.165) is 31.9 Å². The molecule has 126 valence electrons. The standard InChI is InChI=1S/C14H25N5OS.HI/c1-11-18-12(20-19-11)6-4-8-16-13(15-3)17-10-14(2)7-5-9-21-14;/h4-10H2,1-3H3,(H2,15,16,17);1H. The summed E-state index contributed by atoms with van der Waals surface area (Å²) in [6.45, 7) is 5.95. The fourth-order valence-corrected chi connectivity index (χ4v) is 3.60. The molecule has 0 bridgehead atoms. The van der Waals surface area contributed by atoms with Crippen molar-refractivity contribution in [1.82, 2.24) is 20.8 Å². The zero-order chi connectivity index (χ0) is 15.1. The quantitative estimate of drug-likeness (QED) is 0.307. The monoisotopic (exact) mass is 439 g/mol. The Hall–Kier alpha value is -0.510. The predicted octanol–water partition coefficient (Wildman–Crippen LogP) is 2.38. The van der Waals surface area contributed by atoms with Crippen molar-refractivity contribution in [2.45, 2.75) is 44.3 Å². The Morgan fingerprint density at radius 1 is 1.45 bits per heavy atom. The maximum absolute atomic E-state index is 5.09. The summed E-state index contributed by atoms with van der Waals surface area (Å²) in [7, 11) is 1.81. The summed E-state index contributed by atoms with van der Waals surface area (Å²) in [6.07, 6.45) is 4.32. The molecule has 0 aliphatic carbocycles. The number of halogens is 1. The molecule has 0 radical (unpaired) electrons. The van der Waals surface area contributed by atoms with Gasteiger partial charge in [-0.1, -0.05) is 5.16 Å². The fraction of sp³-hybridized carbons (Fsp3) is 0.786. The van der Waals surface area contributed by atoms with Gasteiger partial charge >= 0.3 is 0 Å². The summed E-state index contributed by atoms with van der Waals surface area (Å²) in [5, 5.41) is 10.5. The number of rotatable bonds is 6. The van der Waals surface area contributed by atoms with Crippen LogP contribution >= 0.6 is 35.7 Å². The molecule has 2 N–H and O–H groups in total. The van der Waals surface area contributed by atoms with Gasteiger partial charge < -0.3 is 15.2 Å². The van der Waals surface area contributed by atoms with E-state index < -0.39 is 0 Å². The van der Waals surface area contributed by atoms with Crippen molar-refractivity contribution in [3.63, 3.8) is 0 Å². The predicted molar refractivity (Wildman–Crippen MR) is 102 cm³/mol. The van der Waals surface area contributed by atoms with E-state index in [0.29, 0.717) is 16.5 Å². The molecule has 1 aromatic heterocycles. The second-order valence-corrected chi connectivity index (χ2v) is 7.28. The molecule has 8 heteroatoms. The molecule has 2 rings (SSSR count). The second kappa shape index (κ2) is 9.59. The van der Waals surface area contributed by atoms with Crippen LogP contribution in [-0.2, 0) is 6.42 Å². The lowest BCUT2D eigenvalue weighted by Gasteiger charge is -2.24. The lowest BCUT2D eigenvalue weighted by atomic mass is 10.1. The van der Waals surface area contributed by atoms with Crippen molar-refractivity contribution < 1.29 is 4.52 Å². The number of nitrogens with one attached hydrogen (secondary N) is 2. The number of aryl methyl sites for hydroxylation is 2. The summed E-state index contributed by atoms with van der Waals surface area (Å²) >= 11 is 2.05. The van der Waals surface area contributed by atoms with Crippen molar-refractivity contribution in [2.75, 3.05) is 25.9 Å². The molecule has 0 amide bonds. The number of aliphatic imine (C=N–C) groups is 1. The molecule has 1 saturated heterocycles. The van der Waals surface area contributed by atoms with Gasteiger partial charge in [0.05, 0.1) is 0 Å². The van der Waals surface area contributed by atoms with Crippen LogP contribution in [-0.4, -0.2) is 46.7 Å². The minimum Gasteiger partial charge on any atom is -0.356 e. The maximum Gasteiger partial charge on any atom is 0.226 e. The zero-order valence-electron chi connectivity index (χ0n) is 13.5. The van der Waals surface area contributed by atoms with Crippen LogP contribution in [0.1, 0.15) is 37.9 Å². The molecule has 1 unspecified atom stereocenters. The molecular formula is C14H26IN5OS. The van der Waals surface area contributed by atoms with Gasteiger partial charge in [0, 0.05) is 31.3 Å². The van der Waals surface area contributed by atoms with E-state index in [1.165, 1.54) is 18.6 Å². The number of hydrogen-bond donors (Lipinski definition) is 2. The van der Waals surface area contributed by atoms with Crippen LogP contribution in [0.2, 0.25) is 0 Å². The summed E-state index contributed by atoms with van der Waals surface area (Å²) in [4.78, 5) is 8.45. The van der Waals surface area contributed by atoms with Gasteiger partial charge in [-0.15, -0.1) is 24.0 Å². The van der Waals surface area contributed by atoms with Crippen LogP contribution in [0.15, 0.2) is 9.52 Å². The Balaban J connectivity index is 0.00000242. The van der Waals surface area contributed by atoms with E-state index in [9.17, 15) is 0 Å². The number of thioether (sulfide) groups is 1. The highest BCUT2D eigenvalue weighted by atomic mass is 127. The number of aromatic nitrogens is 2. The normalized spacial score (nSPS) is 21.5. The third kappa shape index (κ3) is 6.31. The summed E-state index contributed by atoms with van der Waals surface area (Å²) in [5.41, 5.74) is 0. The first-order valence-electron chi connectivity index (χ1n) is 7.49. The lowest BCUT2D eigenvalue weighted by molar-refractivity contribution is 0.372. The van der Waals surface area contributed by atoms with Gasteiger partial charge in [-0.05, 0) is 38.9 Å². The molecule has 1 aliphatic rings. The third-order valence-electron chi connectivity index (χ3n) is 3.58. The molecule has 0 spiro atoms. The smallest absolute Gasteiger partial charge is 0.226 e. The van der Waals surface area contributed by atoms with Gasteiger partial charge in [0.25, 0.3) is 0 Å². The van der Waals surface area contributed by atoms with Gasteiger partial charge in [0.15, 0.2) is 11.8 Å². The fourth-order valence-electron chi connectivity index (χ4n) is 2.36. The van der Waals surface area contributed by atoms with Gasteiger partial charge in [0.2, 0.25) is 5.89 Å². The molecule has 6 nitrogen and oxygen atoms in total. The van der Waals surface area contributed by atoms with Gasteiger partial charge in [-0.2, -0.15) is 16.7 Å². The van der Waals surface area contributed by atoms with E-state index in [1.54, 1.807) is 7.05 Å². The van der Waals surface area contributed by atoms with Crippen LogP contribution in [0.5, 0.6) is 0 Å². The van der Waals surface area contributed by atoms with Crippen molar-refractivity contribution in [3.05, 3.63) is 11.7 Å². The third-order valence-corrected chi connectivity index (χ3v) is 5.12. The Bertz CT molecular complexity index is 474. The Morgan fingerprint density at radius 3 is 2.86 bits per heavy atom. The van der Waals surface area contributed by atoms with E-state index in [2.05, 4.69) is 44.5 Å². The minimum absolute atomic E-state index is 0. The van der Waals surface area contributed by atoms with Crippen molar-refractivity contribution in [3.8, 4) is 0 Å². The van der Waals surface area contributed by atoms with Crippen LogP contribution < -0.4 is 10.6 Å². The molecule has 22 heavy (non-hydrogen) atoms. The van der Waals surface area contributed by atoms with Gasteiger partial charge in [-0.3, -0.25) is 4.99 Å². The maximum atomic E-state index is 5.09. The average molecular weight is 439 g/mol.